The van der Waals surface area contributed by atoms with Crippen molar-refractivity contribution in [2.24, 2.45) is 0 Å². The Morgan fingerprint density at radius 1 is 1.29 bits per heavy atom. The summed E-state index contributed by atoms with van der Waals surface area (Å²) >= 11 is 0. The molecule has 110 valence electrons. The summed E-state index contributed by atoms with van der Waals surface area (Å²) in [6, 6.07) is 6.31. The summed E-state index contributed by atoms with van der Waals surface area (Å²) in [6.07, 6.45) is 0.662. The fraction of sp³-hybridized carbons (Fsp3) is 0.471. The Kier molecular flexibility index (Phi) is 2.19. The molecule has 0 radical (unpaired) electrons. The van der Waals surface area contributed by atoms with Crippen molar-refractivity contribution >= 4 is 17.0 Å². The number of hydrogen-bond acceptors (Lipinski definition) is 2. The summed E-state index contributed by atoms with van der Waals surface area (Å²) in [5.41, 5.74) is 3.88. The molecule has 2 aliphatic heterocycles. The number of nitrogens with zero attached hydrogens (tertiary/aromatic N) is 1. The van der Waals surface area contributed by atoms with Crippen LogP contribution in [-0.4, -0.2) is 28.1 Å². The molecule has 0 spiro atoms. The first-order valence-corrected chi connectivity index (χ1v) is 7.47. The first-order chi connectivity index (χ1) is 9.86. The van der Waals surface area contributed by atoms with E-state index in [1.165, 1.54) is 22.2 Å². The number of rotatable bonds is 0. The van der Waals surface area contributed by atoms with Crippen molar-refractivity contribution in [3.8, 4) is 0 Å². The molecule has 0 aliphatic carbocycles. The summed E-state index contributed by atoms with van der Waals surface area (Å²) in [5.74, 6) is 0. The number of cyclic esters (lactones) is 1. The van der Waals surface area contributed by atoms with Crippen LogP contribution < -0.4 is 0 Å². The molecule has 4 heteroatoms. The highest BCUT2D eigenvalue weighted by atomic mass is 16.6. The Morgan fingerprint density at radius 3 is 2.81 bits per heavy atom. The second-order valence-electron chi connectivity index (χ2n) is 6.81. The predicted octanol–water partition coefficient (Wildman–Crippen LogP) is 3.48. The van der Waals surface area contributed by atoms with Crippen LogP contribution in [0.15, 0.2) is 18.2 Å². The van der Waals surface area contributed by atoms with E-state index in [1.54, 1.807) is 0 Å². The van der Waals surface area contributed by atoms with Crippen molar-refractivity contribution in [1.82, 2.24) is 9.88 Å². The molecule has 1 amide bonds. The molecule has 2 aliphatic rings. The van der Waals surface area contributed by atoms with Gasteiger partial charge in [0.25, 0.3) is 0 Å². The van der Waals surface area contributed by atoms with Gasteiger partial charge < -0.3 is 9.72 Å². The highest BCUT2D eigenvalue weighted by molar-refractivity contribution is 5.91. The predicted molar refractivity (Wildman–Crippen MR) is 81.4 cm³/mol. The number of amides is 1. The van der Waals surface area contributed by atoms with Crippen LogP contribution in [0.4, 0.5) is 4.79 Å². The molecule has 21 heavy (non-hydrogen) atoms. The van der Waals surface area contributed by atoms with Gasteiger partial charge in [-0.2, -0.15) is 0 Å². The molecule has 1 N–H and O–H groups in total. The molecule has 4 nitrogen and oxygen atoms in total. The smallest absolute Gasteiger partial charge is 0.411 e. The number of H-pyrrole nitrogens is 1. The van der Waals surface area contributed by atoms with E-state index in [4.69, 9.17) is 4.74 Å². The van der Waals surface area contributed by atoms with Gasteiger partial charge in [0.15, 0.2) is 0 Å². The largest absolute Gasteiger partial charge is 0.440 e. The van der Waals surface area contributed by atoms with Gasteiger partial charge in [-0.1, -0.05) is 12.1 Å². The van der Waals surface area contributed by atoms with E-state index >= 15 is 0 Å². The van der Waals surface area contributed by atoms with E-state index in [9.17, 15) is 4.79 Å². The van der Waals surface area contributed by atoms with Gasteiger partial charge >= 0.3 is 6.09 Å². The zero-order valence-corrected chi connectivity index (χ0v) is 12.9. The van der Waals surface area contributed by atoms with E-state index in [2.05, 4.69) is 37.0 Å². The number of hydrogen-bond donors (Lipinski definition) is 1. The van der Waals surface area contributed by atoms with Crippen LogP contribution in [0.3, 0.4) is 0 Å². The molecule has 0 bridgehead atoms. The Bertz CT molecular complexity index is 774. The standard InChI is InChI=1S/C17H20N2O2/c1-10-11-8-9-19-15(20)21-16(2,3)17(19,4)12-6-5-7-13(18-10)14(11)12/h5-7,18H,8-9H2,1-4H3/t17-/m1/s1. The topological polar surface area (TPSA) is 45.3 Å². The van der Waals surface area contributed by atoms with Crippen LogP contribution in [0.1, 0.15) is 37.6 Å². The lowest BCUT2D eigenvalue weighted by Crippen LogP contribution is -2.50. The van der Waals surface area contributed by atoms with Crippen molar-refractivity contribution in [2.45, 2.75) is 45.3 Å². The van der Waals surface area contributed by atoms with Crippen LogP contribution in [0.5, 0.6) is 0 Å². The quantitative estimate of drug-likeness (QED) is 0.805. The molecule has 2 aromatic rings. The van der Waals surface area contributed by atoms with Crippen LogP contribution in [-0.2, 0) is 16.7 Å². The van der Waals surface area contributed by atoms with Crippen LogP contribution in [0.25, 0.3) is 10.9 Å². The molecule has 1 saturated heterocycles. The number of ether oxygens (including phenoxy) is 1. The average molecular weight is 284 g/mol. The van der Waals surface area contributed by atoms with E-state index in [0.717, 1.165) is 11.9 Å². The number of carbonyl (C=O) groups is 1. The van der Waals surface area contributed by atoms with Crippen LogP contribution in [0.2, 0.25) is 0 Å². The molecular formula is C17H20N2O2. The van der Waals surface area contributed by atoms with Gasteiger partial charge in [-0.25, -0.2) is 4.79 Å². The van der Waals surface area contributed by atoms with Crippen molar-refractivity contribution in [1.29, 1.82) is 0 Å². The minimum Gasteiger partial charge on any atom is -0.440 e. The maximum absolute atomic E-state index is 12.4. The van der Waals surface area contributed by atoms with Gasteiger partial charge in [-0.15, -0.1) is 0 Å². The Hall–Kier alpha value is -1.97. The lowest BCUT2D eigenvalue weighted by atomic mass is 9.76. The molecule has 1 aromatic heterocycles. The molecule has 4 rings (SSSR count). The third-order valence-corrected chi connectivity index (χ3v) is 5.53. The van der Waals surface area contributed by atoms with Crippen molar-refractivity contribution in [3.63, 3.8) is 0 Å². The lowest BCUT2D eigenvalue weighted by molar-refractivity contribution is 0.0242. The fourth-order valence-corrected chi connectivity index (χ4v) is 4.05. The van der Waals surface area contributed by atoms with Crippen LogP contribution in [0, 0.1) is 6.92 Å². The number of benzene rings is 1. The molecule has 1 aromatic carbocycles. The Balaban J connectivity index is 2.12. The highest BCUT2D eigenvalue weighted by Gasteiger charge is 2.59. The first-order valence-electron chi connectivity index (χ1n) is 7.47. The average Bonchev–Trinajstić information content (AvgIpc) is 2.73. The minimum absolute atomic E-state index is 0.203. The number of nitrogens with one attached hydrogen (secondary N) is 1. The number of aromatic nitrogens is 1. The third-order valence-electron chi connectivity index (χ3n) is 5.53. The zero-order valence-electron chi connectivity index (χ0n) is 12.9. The van der Waals surface area contributed by atoms with E-state index < -0.39 is 11.1 Å². The van der Waals surface area contributed by atoms with Gasteiger partial charge in [0.1, 0.15) is 11.1 Å². The maximum Gasteiger partial charge on any atom is 0.411 e. The second-order valence-corrected chi connectivity index (χ2v) is 6.81. The van der Waals surface area contributed by atoms with Crippen LogP contribution >= 0.6 is 0 Å². The van der Waals surface area contributed by atoms with Crippen molar-refractivity contribution in [3.05, 3.63) is 35.0 Å². The fourth-order valence-electron chi connectivity index (χ4n) is 4.05. The molecule has 0 saturated carbocycles. The summed E-state index contributed by atoms with van der Waals surface area (Å²) < 4.78 is 5.68. The molecule has 0 unspecified atom stereocenters. The van der Waals surface area contributed by atoms with Crippen molar-refractivity contribution in [2.75, 3.05) is 6.54 Å². The Labute approximate surface area is 124 Å². The van der Waals surface area contributed by atoms with Gasteiger partial charge in [0.05, 0.1) is 0 Å². The number of carbonyl (C=O) groups excluding carboxylic acids is 1. The summed E-state index contributed by atoms with van der Waals surface area (Å²) in [7, 11) is 0. The van der Waals surface area contributed by atoms with E-state index in [0.29, 0.717) is 6.54 Å². The summed E-state index contributed by atoms with van der Waals surface area (Å²) in [6.45, 7) is 8.95. The van der Waals surface area contributed by atoms with Gasteiger partial charge in [-0.3, -0.25) is 4.90 Å². The van der Waals surface area contributed by atoms with Crippen molar-refractivity contribution < 1.29 is 9.53 Å². The number of fused-ring (bicyclic) bond motifs is 2. The van der Waals surface area contributed by atoms with Gasteiger partial charge in [0, 0.05) is 23.1 Å². The Morgan fingerprint density at radius 2 is 2.05 bits per heavy atom. The first kappa shape index (κ1) is 12.7. The van der Waals surface area contributed by atoms with E-state index in [-0.39, 0.29) is 6.09 Å². The highest BCUT2D eigenvalue weighted by Crippen LogP contribution is 2.50. The minimum atomic E-state index is -0.550. The molecule has 1 fully saturated rings. The number of aryl methyl sites for hydroxylation is 1. The van der Waals surface area contributed by atoms with Gasteiger partial charge in [0.2, 0.25) is 0 Å². The zero-order chi connectivity index (χ0) is 15.0. The molecule has 1 atom stereocenters. The SMILES string of the molecule is Cc1[nH]c2cccc3c2c1CCN1C(=O)OC(C)(C)[C@@]31C. The normalized spacial score (nSPS) is 26.7. The molecule has 3 heterocycles. The maximum atomic E-state index is 12.4. The third kappa shape index (κ3) is 1.33. The summed E-state index contributed by atoms with van der Waals surface area (Å²) in [4.78, 5) is 17.7. The van der Waals surface area contributed by atoms with Gasteiger partial charge in [-0.05, 0) is 51.3 Å². The monoisotopic (exact) mass is 284 g/mol. The van der Waals surface area contributed by atoms with E-state index in [1.807, 2.05) is 18.7 Å². The second kappa shape index (κ2) is 3.62. The summed E-state index contributed by atoms with van der Waals surface area (Å²) in [5, 5.41) is 1.27. The number of aromatic amines is 1. The molecular weight excluding hydrogens is 264 g/mol. The lowest BCUT2D eigenvalue weighted by Gasteiger charge is -2.40.